The van der Waals surface area contributed by atoms with Crippen molar-refractivity contribution < 1.29 is 14.6 Å². The van der Waals surface area contributed by atoms with Crippen LogP contribution >= 0.6 is 0 Å². The van der Waals surface area contributed by atoms with Gasteiger partial charge in [0.15, 0.2) is 0 Å². The van der Waals surface area contributed by atoms with Gasteiger partial charge in [0.1, 0.15) is 5.56 Å². The SMILES string of the molecule is Cc1ccnc(OCC2CC2)c1C(=O)O. The fourth-order valence-electron chi connectivity index (χ4n) is 1.38. The molecule has 4 nitrogen and oxygen atoms in total. The van der Waals surface area contributed by atoms with Gasteiger partial charge in [0, 0.05) is 6.20 Å². The standard InChI is InChI=1S/C11H13NO3/c1-7-4-5-12-10(9(7)11(13)14)15-6-8-2-3-8/h4-5,8H,2-3,6H2,1H3,(H,13,14). The molecule has 1 aliphatic rings. The summed E-state index contributed by atoms with van der Waals surface area (Å²) in [7, 11) is 0. The third kappa shape index (κ3) is 2.26. The molecular weight excluding hydrogens is 194 g/mol. The molecule has 0 aromatic carbocycles. The number of aromatic nitrogens is 1. The van der Waals surface area contributed by atoms with Crippen molar-refractivity contribution in [2.45, 2.75) is 19.8 Å². The van der Waals surface area contributed by atoms with E-state index in [9.17, 15) is 4.79 Å². The minimum absolute atomic E-state index is 0.179. The van der Waals surface area contributed by atoms with Gasteiger partial charge in [0.2, 0.25) is 5.88 Å². The summed E-state index contributed by atoms with van der Waals surface area (Å²) in [5.41, 5.74) is 0.862. The van der Waals surface area contributed by atoms with Gasteiger partial charge < -0.3 is 9.84 Å². The zero-order valence-electron chi connectivity index (χ0n) is 8.56. The Morgan fingerprint density at radius 1 is 1.67 bits per heavy atom. The number of ether oxygens (including phenoxy) is 1. The first kappa shape index (κ1) is 9.96. The average molecular weight is 207 g/mol. The van der Waals surface area contributed by atoms with E-state index < -0.39 is 5.97 Å². The Balaban J connectivity index is 2.19. The molecule has 4 heteroatoms. The van der Waals surface area contributed by atoms with E-state index >= 15 is 0 Å². The van der Waals surface area contributed by atoms with Crippen LogP contribution < -0.4 is 4.74 Å². The highest BCUT2D eigenvalue weighted by Gasteiger charge is 2.24. The van der Waals surface area contributed by atoms with E-state index in [0.717, 1.165) is 0 Å². The summed E-state index contributed by atoms with van der Waals surface area (Å²) in [4.78, 5) is 14.9. The minimum Gasteiger partial charge on any atom is -0.477 e. The van der Waals surface area contributed by atoms with E-state index in [4.69, 9.17) is 9.84 Å². The molecule has 15 heavy (non-hydrogen) atoms. The first-order valence-corrected chi connectivity index (χ1v) is 5.00. The molecule has 0 aliphatic heterocycles. The summed E-state index contributed by atoms with van der Waals surface area (Å²) in [6.07, 6.45) is 3.92. The van der Waals surface area contributed by atoms with Gasteiger partial charge in [0.05, 0.1) is 6.61 Å². The van der Waals surface area contributed by atoms with Gasteiger partial charge in [-0.2, -0.15) is 0 Å². The van der Waals surface area contributed by atoms with Crippen molar-refractivity contribution in [3.63, 3.8) is 0 Å². The largest absolute Gasteiger partial charge is 0.477 e. The first-order valence-electron chi connectivity index (χ1n) is 5.00. The van der Waals surface area contributed by atoms with Gasteiger partial charge >= 0.3 is 5.97 Å². The van der Waals surface area contributed by atoms with Crippen LogP contribution in [0.25, 0.3) is 0 Å². The summed E-state index contributed by atoms with van der Waals surface area (Å²) in [6.45, 7) is 2.33. The second-order valence-electron chi connectivity index (χ2n) is 3.87. The minimum atomic E-state index is -0.980. The van der Waals surface area contributed by atoms with Crippen molar-refractivity contribution in [3.05, 3.63) is 23.4 Å². The predicted octanol–water partition coefficient (Wildman–Crippen LogP) is 1.88. The van der Waals surface area contributed by atoms with Crippen molar-refractivity contribution in [1.82, 2.24) is 4.98 Å². The molecule has 2 rings (SSSR count). The Kier molecular flexibility index (Phi) is 2.58. The number of carbonyl (C=O) groups is 1. The molecule has 80 valence electrons. The van der Waals surface area contributed by atoms with E-state index in [-0.39, 0.29) is 11.4 Å². The molecule has 1 aromatic heterocycles. The number of aromatic carboxylic acids is 1. The van der Waals surface area contributed by atoms with Crippen molar-refractivity contribution in [1.29, 1.82) is 0 Å². The molecule has 1 saturated carbocycles. The van der Waals surface area contributed by atoms with Gasteiger partial charge in [-0.05, 0) is 37.3 Å². The molecule has 1 aromatic rings. The van der Waals surface area contributed by atoms with Crippen LogP contribution in [0.4, 0.5) is 0 Å². The zero-order valence-corrected chi connectivity index (χ0v) is 8.56. The number of pyridine rings is 1. The van der Waals surface area contributed by atoms with E-state index in [1.54, 1.807) is 19.2 Å². The Labute approximate surface area is 87.9 Å². The summed E-state index contributed by atoms with van der Waals surface area (Å²) in [6, 6.07) is 1.67. The number of hydrogen-bond acceptors (Lipinski definition) is 3. The van der Waals surface area contributed by atoms with Crippen LogP contribution in [0, 0.1) is 12.8 Å². The lowest BCUT2D eigenvalue weighted by molar-refractivity contribution is 0.0690. The Morgan fingerprint density at radius 3 is 3.00 bits per heavy atom. The fraction of sp³-hybridized carbons (Fsp3) is 0.455. The van der Waals surface area contributed by atoms with Gasteiger partial charge in [0.25, 0.3) is 0 Å². The second kappa shape index (κ2) is 3.88. The quantitative estimate of drug-likeness (QED) is 0.818. The van der Waals surface area contributed by atoms with E-state index in [1.165, 1.54) is 12.8 Å². The molecule has 0 saturated heterocycles. The molecule has 0 amide bonds. The molecule has 0 radical (unpaired) electrons. The number of nitrogens with zero attached hydrogens (tertiary/aromatic N) is 1. The first-order chi connectivity index (χ1) is 7.18. The molecule has 0 unspecified atom stereocenters. The van der Waals surface area contributed by atoms with Crippen molar-refractivity contribution in [2.75, 3.05) is 6.61 Å². The van der Waals surface area contributed by atoms with Crippen LogP contribution in [0.1, 0.15) is 28.8 Å². The van der Waals surface area contributed by atoms with Crippen molar-refractivity contribution >= 4 is 5.97 Å². The molecule has 1 heterocycles. The van der Waals surface area contributed by atoms with Crippen LogP contribution in [0.2, 0.25) is 0 Å². The molecule has 0 atom stereocenters. The Morgan fingerprint density at radius 2 is 2.40 bits per heavy atom. The molecular formula is C11H13NO3. The third-order valence-electron chi connectivity index (χ3n) is 2.49. The van der Waals surface area contributed by atoms with Gasteiger partial charge in [-0.15, -0.1) is 0 Å². The van der Waals surface area contributed by atoms with Crippen LogP contribution in [0.15, 0.2) is 12.3 Å². The lowest BCUT2D eigenvalue weighted by Crippen LogP contribution is -2.08. The number of rotatable bonds is 4. The van der Waals surface area contributed by atoms with E-state index in [0.29, 0.717) is 18.1 Å². The maximum absolute atomic E-state index is 11.0. The molecule has 1 aliphatic carbocycles. The van der Waals surface area contributed by atoms with E-state index in [2.05, 4.69) is 4.98 Å². The van der Waals surface area contributed by atoms with Crippen molar-refractivity contribution in [3.8, 4) is 5.88 Å². The molecule has 1 fully saturated rings. The number of hydrogen-bond donors (Lipinski definition) is 1. The lowest BCUT2D eigenvalue weighted by atomic mass is 10.1. The van der Waals surface area contributed by atoms with Crippen LogP contribution in [0.5, 0.6) is 5.88 Å². The number of carboxylic acids is 1. The average Bonchev–Trinajstić information content (AvgIpc) is 2.97. The number of aryl methyl sites for hydroxylation is 1. The zero-order chi connectivity index (χ0) is 10.8. The number of carboxylic acid groups (broad SMARTS) is 1. The summed E-state index contributed by atoms with van der Waals surface area (Å²) < 4.78 is 5.41. The highest BCUT2D eigenvalue weighted by molar-refractivity contribution is 5.91. The maximum atomic E-state index is 11.0. The Hall–Kier alpha value is -1.58. The maximum Gasteiger partial charge on any atom is 0.341 e. The lowest BCUT2D eigenvalue weighted by Gasteiger charge is -2.08. The normalized spacial score (nSPS) is 15.0. The Bertz CT molecular complexity index is 385. The topological polar surface area (TPSA) is 59.4 Å². The highest BCUT2D eigenvalue weighted by Crippen LogP contribution is 2.30. The second-order valence-corrected chi connectivity index (χ2v) is 3.87. The fourth-order valence-corrected chi connectivity index (χ4v) is 1.38. The summed E-state index contributed by atoms with van der Waals surface area (Å²) >= 11 is 0. The van der Waals surface area contributed by atoms with Gasteiger partial charge in [-0.25, -0.2) is 9.78 Å². The van der Waals surface area contributed by atoms with Crippen molar-refractivity contribution in [2.24, 2.45) is 5.92 Å². The van der Waals surface area contributed by atoms with Crippen LogP contribution in [-0.2, 0) is 0 Å². The van der Waals surface area contributed by atoms with Crippen LogP contribution in [-0.4, -0.2) is 22.7 Å². The van der Waals surface area contributed by atoms with E-state index in [1.807, 2.05) is 0 Å². The third-order valence-corrected chi connectivity index (χ3v) is 2.49. The predicted molar refractivity (Wildman–Crippen MR) is 54.2 cm³/mol. The highest BCUT2D eigenvalue weighted by atomic mass is 16.5. The summed E-state index contributed by atoms with van der Waals surface area (Å²) in [5.74, 6) is -0.144. The van der Waals surface area contributed by atoms with Gasteiger partial charge in [-0.3, -0.25) is 0 Å². The van der Waals surface area contributed by atoms with Crippen LogP contribution in [0.3, 0.4) is 0 Å². The smallest absolute Gasteiger partial charge is 0.341 e. The monoisotopic (exact) mass is 207 g/mol. The molecule has 0 spiro atoms. The molecule has 1 N–H and O–H groups in total. The molecule has 0 bridgehead atoms. The summed E-state index contributed by atoms with van der Waals surface area (Å²) in [5, 5.41) is 9.01. The van der Waals surface area contributed by atoms with Gasteiger partial charge in [-0.1, -0.05) is 0 Å².